The number of carbonyl (C=O) groups is 1. The summed E-state index contributed by atoms with van der Waals surface area (Å²) in [6.07, 6.45) is 10.6. The zero-order chi connectivity index (χ0) is 56.2. The normalized spacial score (nSPS) is 24.2. The van der Waals surface area contributed by atoms with E-state index >= 15 is 0 Å². The van der Waals surface area contributed by atoms with Crippen molar-refractivity contribution in [3.05, 3.63) is 123 Å². The number of hydrogen-bond acceptors (Lipinski definition) is 17. The van der Waals surface area contributed by atoms with E-state index in [0.29, 0.717) is 79.5 Å². The van der Waals surface area contributed by atoms with E-state index in [1.54, 1.807) is 26.5 Å². The molecule has 2 aliphatic carbocycles. The van der Waals surface area contributed by atoms with Crippen molar-refractivity contribution in [2.75, 3.05) is 81.8 Å². The standard InChI is InChI=1S/C59H69ClN10O10S/c1-58(72)16-12-37(13-17-58)32-62-46-11-9-42(29-49(46)70(73)74)81(75,76)65-55(71)44-10-8-40(28-48(44)69-47-15-25-79-36-53(47)80-56-50(69)27-39-14-20-61-54(39)64-56)67-21-18-59(19-22-67)30-41(31-59)68-24-23-66(35-51(68)43-6-4-5-7-45(43)60)34-38-26-52(77-2)57(78-3)63-33-38/h4-11,14,20,26-29,33,37,41,47,51,53,62,72H,12-13,15-19,21-25,30-32,34-36H2,1-3H3,(H,61,64)(H,65,71)/t37?,47-,51-,53-,58?/m0/s1. The van der Waals surface area contributed by atoms with Gasteiger partial charge in [-0.25, -0.2) is 18.1 Å². The number of hydrogen-bond donors (Lipinski definition) is 4. The van der Waals surface area contributed by atoms with E-state index in [4.69, 9.17) is 35.5 Å². The van der Waals surface area contributed by atoms with Crippen LogP contribution in [0.15, 0.2) is 96.2 Å². The first-order valence-electron chi connectivity index (χ1n) is 28.1. The van der Waals surface area contributed by atoms with Crippen molar-refractivity contribution in [3.8, 4) is 17.5 Å². The third-order valence-corrected chi connectivity index (χ3v) is 19.7. The molecule has 0 bridgehead atoms. The van der Waals surface area contributed by atoms with Gasteiger partial charge < -0.3 is 44.2 Å². The minimum Gasteiger partial charge on any atom is -0.491 e. The lowest BCUT2D eigenvalue weighted by atomic mass is 9.59. The minimum absolute atomic E-state index is 0.0951. The summed E-state index contributed by atoms with van der Waals surface area (Å²) in [5.74, 6) is 0.709. The number of pyridine rings is 2. The molecule has 81 heavy (non-hydrogen) atoms. The number of carbonyl (C=O) groups excluding carboxylic acids is 1. The molecule has 1 spiro atoms. The number of ether oxygens (including phenoxy) is 4. The number of nitro groups is 1. The number of anilines is 4. The highest BCUT2D eigenvalue weighted by atomic mass is 35.5. The third-order valence-electron chi connectivity index (χ3n) is 18.0. The number of H-pyrrole nitrogens is 1. The molecule has 428 valence electrons. The van der Waals surface area contributed by atoms with Gasteiger partial charge in [-0.2, -0.15) is 4.98 Å². The molecule has 3 atom stereocenters. The van der Waals surface area contributed by atoms with Crippen LogP contribution in [0, 0.1) is 21.4 Å². The number of piperidine rings is 1. The van der Waals surface area contributed by atoms with Gasteiger partial charge in [-0.3, -0.25) is 24.7 Å². The molecule has 3 aromatic carbocycles. The molecule has 12 rings (SSSR count). The molecule has 20 nitrogen and oxygen atoms in total. The fourth-order valence-corrected chi connectivity index (χ4v) is 14.7. The van der Waals surface area contributed by atoms with E-state index in [0.717, 1.165) is 105 Å². The Hall–Kier alpha value is -6.75. The number of benzene rings is 3. The van der Waals surface area contributed by atoms with Crippen molar-refractivity contribution in [2.24, 2.45) is 11.3 Å². The van der Waals surface area contributed by atoms with Crippen molar-refractivity contribution >= 4 is 67.0 Å². The summed E-state index contributed by atoms with van der Waals surface area (Å²) < 4.78 is 54.2. The van der Waals surface area contributed by atoms with Crippen molar-refractivity contribution in [1.82, 2.24) is 29.5 Å². The molecule has 3 aromatic heterocycles. The van der Waals surface area contributed by atoms with Gasteiger partial charge in [0.15, 0.2) is 5.75 Å². The van der Waals surface area contributed by atoms with Gasteiger partial charge in [0.25, 0.3) is 27.5 Å². The first-order valence-corrected chi connectivity index (χ1v) is 29.9. The number of aliphatic hydroxyl groups is 1. The van der Waals surface area contributed by atoms with Crippen LogP contribution in [0.2, 0.25) is 5.02 Å². The molecule has 0 unspecified atom stereocenters. The highest BCUT2D eigenvalue weighted by Gasteiger charge is 2.50. The molecular formula is C59H69ClN10O10S. The second-order valence-corrected chi connectivity index (χ2v) is 25.3. The van der Waals surface area contributed by atoms with E-state index in [-0.39, 0.29) is 41.3 Å². The number of aromatic nitrogens is 3. The number of nitro benzene ring substituents is 1. The lowest BCUT2D eigenvalue weighted by Gasteiger charge is -2.58. The van der Waals surface area contributed by atoms with Crippen molar-refractivity contribution in [1.29, 1.82) is 0 Å². The fraction of sp³-hybridized carbons (Fsp3) is 0.475. The Kier molecular flexibility index (Phi) is 15.0. The van der Waals surface area contributed by atoms with Gasteiger partial charge in [-0.15, -0.1) is 0 Å². The van der Waals surface area contributed by atoms with Crippen LogP contribution in [0.3, 0.4) is 0 Å². The maximum absolute atomic E-state index is 14.8. The fourth-order valence-electron chi connectivity index (χ4n) is 13.4. The van der Waals surface area contributed by atoms with Crippen LogP contribution in [-0.4, -0.2) is 140 Å². The minimum atomic E-state index is -4.65. The predicted molar refractivity (Wildman–Crippen MR) is 308 cm³/mol. The Morgan fingerprint density at radius 2 is 1.77 bits per heavy atom. The molecule has 5 fully saturated rings. The van der Waals surface area contributed by atoms with E-state index in [9.17, 15) is 28.4 Å². The van der Waals surface area contributed by atoms with E-state index in [2.05, 4.69) is 51.7 Å². The zero-order valence-corrected chi connectivity index (χ0v) is 47.4. The number of methoxy groups -OCH3 is 2. The second kappa shape index (κ2) is 22.2. The number of halogens is 1. The van der Waals surface area contributed by atoms with E-state index < -0.39 is 43.1 Å². The van der Waals surface area contributed by atoms with Crippen LogP contribution < -0.4 is 34.0 Å². The molecule has 4 aliphatic heterocycles. The SMILES string of the molecule is COc1cc(CN2CCN(C3CC4(CCN(c5ccc(C(=O)NS(=O)(=O)c6ccc(NCC7CCC(C)(O)CC7)c([N+](=O)[O-])c6)c(N6c7cc8cc[nH]c8nc7O[C@H]7COCC[C@@H]76)c5)CC4)C3)[C@H](c3ccccc3Cl)C2)cnc1OC. The van der Waals surface area contributed by atoms with Gasteiger partial charge >= 0.3 is 0 Å². The van der Waals surface area contributed by atoms with Gasteiger partial charge in [0.05, 0.1) is 53.5 Å². The van der Waals surface area contributed by atoms with Crippen molar-refractivity contribution < 1.29 is 42.2 Å². The van der Waals surface area contributed by atoms with Gasteiger partial charge in [0.1, 0.15) is 23.1 Å². The summed E-state index contributed by atoms with van der Waals surface area (Å²) in [5.41, 5.74) is 4.08. The quantitative estimate of drug-likeness (QED) is 0.0555. The largest absolute Gasteiger partial charge is 0.491 e. The summed E-state index contributed by atoms with van der Waals surface area (Å²) >= 11 is 6.97. The van der Waals surface area contributed by atoms with Crippen LogP contribution in [0.5, 0.6) is 17.5 Å². The third kappa shape index (κ3) is 11.1. The van der Waals surface area contributed by atoms with Gasteiger partial charge in [0, 0.05) is 99.1 Å². The van der Waals surface area contributed by atoms with Crippen LogP contribution in [0.4, 0.5) is 28.4 Å². The van der Waals surface area contributed by atoms with Gasteiger partial charge in [-0.05, 0) is 142 Å². The molecule has 1 amide bonds. The molecule has 4 N–H and O–H groups in total. The maximum atomic E-state index is 14.8. The van der Waals surface area contributed by atoms with E-state index in [1.807, 2.05) is 55.6 Å². The summed E-state index contributed by atoms with van der Waals surface area (Å²) in [6.45, 7) is 7.85. The number of sulfonamides is 1. The van der Waals surface area contributed by atoms with Crippen LogP contribution in [0.25, 0.3) is 11.0 Å². The Labute approximate surface area is 476 Å². The molecule has 3 saturated heterocycles. The highest BCUT2D eigenvalue weighted by Crippen LogP contribution is 2.54. The average Bonchev–Trinajstić information content (AvgIpc) is 3.93. The van der Waals surface area contributed by atoms with Crippen LogP contribution in [-0.2, 0) is 21.3 Å². The van der Waals surface area contributed by atoms with E-state index in [1.165, 1.54) is 12.1 Å². The lowest BCUT2D eigenvalue weighted by molar-refractivity contribution is -0.384. The zero-order valence-electron chi connectivity index (χ0n) is 45.8. The molecule has 7 heterocycles. The Morgan fingerprint density at radius 3 is 2.53 bits per heavy atom. The predicted octanol–water partition coefficient (Wildman–Crippen LogP) is 9.00. The molecule has 2 saturated carbocycles. The molecule has 6 aliphatic rings. The Balaban J connectivity index is 0.790. The lowest BCUT2D eigenvalue weighted by Crippen LogP contribution is -2.59. The number of aromatic amines is 1. The second-order valence-electron chi connectivity index (χ2n) is 23.2. The average molecular weight is 1150 g/mol. The number of rotatable bonds is 15. The molecular weight excluding hydrogens is 1080 g/mol. The number of nitrogens with one attached hydrogen (secondary N) is 3. The summed E-state index contributed by atoms with van der Waals surface area (Å²) in [5, 5.41) is 27.6. The summed E-state index contributed by atoms with van der Waals surface area (Å²) in [7, 11) is -1.44. The Morgan fingerprint density at radius 1 is 0.963 bits per heavy atom. The summed E-state index contributed by atoms with van der Waals surface area (Å²) in [4.78, 5) is 48.3. The topological polar surface area (TPSA) is 230 Å². The van der Waals surface area contributed by atoms with Crippen molar-refractivity contribution in [3.63, 3.8) is 0 Å². The number of nitrogens with zero attached hydrogens (tertiary/aromatic N) is 7. The maximum Gasteiger partial charge on any atom is 0.293 e. The smallest absolute Gasteiger partial charge is 0.293 e. The highest BCUT2D eigenvalue weighted by molar-refractivity contribution is 7.90. The molecule has 6 aromatic rings. The Bertz CT molecular complexity index is 3450. The number of piperazine rings is 1. The van der Waals surface area contributed by atoms with Gasteiger partial charge in [-0.1, -0.05) is 29.8 Å². The van der Waals surface area contributed by atoms with Gasteiger partial charge in [0.2, 0.25) is 5.88 Å². The molecule has 0 radical (unpaired) electrons. The van der Waals surface area contributed by atoms with Crippen molar-refractivity contribution in [2.45, 2.75) is 106 Å². The summed E-state index contributed by atoms with van der Waals surface area (Å²) in [6, 6.07) is 23.4. The monoisotopic (exact) mass is 1140 g/mol. The van der Waals surface area contributed by atoms with Crippen LogP contribution in [0.1, 0.15) is 92.2 Å². The number of fused-ring (bicyclic) bond motifs is 3. The first-order chi connectivity index (χ1) is 39.1. The number of amides is 1. The molecule has 22 heteroatoms. The van der Waals surface area contributed by atoms with Crippen LogP contribution >= 0.6 is 11.6 Å². The first kappa shape index (κ1) is 54.8.